The highest BCUT2D eigenvalue weighted by Gasteiger charge is 2.33. The van der Waals surface area contributed by atoms with E-state index in [4.69, 9.17) is 0 Å². The molecule has 0 amide bonds. The monoisotopic (exact) mass is 425 g/mol. The van der Waals surface area contributed by atoms with E-state index in [2.05, 4.69) is 9.46 Å². The molecule has 7 nitrogen and oxygen atoms in total. The van der Waals surface area contributed by atoms with E-state index in [-0.39, 0.29) is 30.9 Å². The van der Waals surface area contributed by atoms with E-state index < -0.39 is 35.0 Å². The molecule has 0 saturated carbocycles. The van der Waals surface area contributed by atoms with Gasteiger partial charge >= 0.3 is 5.97 Å². The van der Waals surface area contributed by atoms with E-state index in [1.54, 1.807) is 22.6 Å². The molecule has 0 aromatic carbocycles. The van der Waals surface area contributed by atoms with Crippen LogP contribution >= 0.6 is 22.6 Å². The van der Waals surface area contributed by atoms with Crippen molar-refractivity contribution in [3.05, 3.63) is 0 Å². The molecular weight excluding hydrogens is 409 g/mol. The fourth-order valence-electron chi connectivity index (χ4n) is 1.70. The maximum absolute atomic E-state index is 12.0. The second kappa shape index (κ2) is 6.68. The van der Waals surface area contributed by atoms with E-state index in [1.807, 2.05) is 0 Å². The predicted molar refractivity (Wildman–Crippen MR) is 78.4 cm³/mol. The third kappa shape index (κ3) is 5.16. The molecule has 1 rings (SSSR count). The summed E-state index contributed by atoms with van der Waals surface area (Å²) in [5, 5.41) is -0.711. The quantitative estimate of drug-likeness (QED) is 0.360. The molecule has 112 valence electrons. The number of sulfonamides is 1. The summed E-state index contributed by atoms with van der Waals surface area (Å²) < 4.78 is 52.6. The maximum atomic E-state index is 12.0. The molecule has 0 radical (unpaired) electrons. The Morgan fingerprint density at radius 2 is 1.95 bits per heavy atom. The summed E-state index contributed by atoms with van der Waals surface area (Å²) in [5.74, 6) is -0.721. The zero-order chi connectivity index (χ0) is 14.7. The van der Waals surface area contributed by atoms with Crippen LogP contribution < -0.4 is 4.72 Å². The summed E-state index contributed by atoms with van der Waals surface area (Å²) >= 11 is 1.79. The molecule has 0 aliphatic carbocycles. The highest BCUT2D eigenvalue weighted by molar-refractivity contribution is 14.1. The Labute approximate surface area is 126 Å². The Bertz CT molecular complexity index is 515. The van der Waals surface area contributed by atoms with E-state index in [0.717, 1.165) is 0 Å². The molecule has 0 aromatic rings. The molecule has 1 fully saturated rings. The molecule has 10 heteroatoms. The van der Waals surface area contributed by atoms with Crippen molar-refractivity contribution in [2.75, 3.05) is 25.2 Å². The van der Waals surface area contributed by atoms with Gasteiger partial charge < -0.3 is 4.74 Å². The molecule has 1 aliphatic heterocycles. The van der Waals surface area contributed by atoms with Crippen LogP contribution in [0.25, 0.3) is 0 Å². The third-order valence-electron chi connectivity index (χ3n) is 2.86. The van der Waals surface area contributed by atoms with Crippen LogP contribution in [0.2, 0.25) is 0 Å². The lowest BCUT2D eigenvalue weighted by Crippen LogP contribution is -2.42. The first-order chi connectivity index (χ1) is 8.68. The summed E-state index contributed by atoms with van der Waals surface area (Å²) in [4.78, 5) is 11.1. The number of sulfone groups is 1. The Balaban J connectivity index is 2.56. The number of alkyl halides is 1. The topological polar surface area (TPSA) is 107 Å². The minimum atomic E-state index is -3.60. The molecular formula is C9H16INO6S2. The molecule has 1 heterocycles. The Hall–Kier alpha value is 0.0600. The van der Waals surface area contributed by atoms with Gasteiger partial charge in [0.1, 0.15) is 13.8 Å². The van der Waals surface area contributed by atoms with Crippen LogP contribution in [0, 0.1) is 0 Å². The van der Waals surface area contributed by atoms with Gasteiger partial charge in [-0.05, 0) is 12.8 Å². The van der Waals surface area contributed by atoms with Gasteiger partial charge in [0, 0.05) is 6.54 Å². The summed E-state index contributed by atoms with van der Waals surface area (Å²) in [6.07, 6.45) is 0.198. The zero-order valence-corrected chi connectivity index (χ0v) is 14.1. The number of carbonyl (C=O) groups excluding carboxylic acids is 1. The first-order valence-corrected chi connectivity index (χ1v) is 10.2. The molecule has 0 aromatic heterocycles. The standard InChI is InChI=1S/C9H16INO6S2/c1-17-9(12)8(10)6-11-19(15,16)7-2-4-18(13,14)5-3-7/h7-8,11H,2-6H2,1H3. The third-order valence-corrected chi connectivity index (χ3v) is 7.44. The van der Waals surface area contributed by atoms with Crippen molar-refractivity contribution in [1.29, 1.82) is 0 Å². The SMILES string of the molecule is COC(=O)C(I)CNS(=O)(=O)C1CCS(=O)(=O)CC1. The fourth-order valence-corrected chi connectivity index (χ4v) is 5.75. The molecule has 1 aliphatic rings. The van der Waals surface area contributed by atoms with Gasteiger partial charge in [0.05, 0.1) is 23.9 Å². The molecule has 1 atom stereocenters. The Morgan fingerprint density at radius 3 is 2.42 bits per heavy atom. The van der Waals surface area contributed by atoms with Gasteiger partial charge in [-0.1, -0.05) is 22.6 Å². The fraction of sp³-hybridized carbons (Fsp3) is 0.889. The highest BCUT2D eigenvalue weighted by Crippen LogP contribution is 2.18. The number of nitrogens with one attached hydrogen (secondary N) is 1. The largest absolute Gasteiger partial charge is 0.468 e. The minimum Gasteiger partial charge on any atom is -0.468 e. The van der Waals surface area contributed by atoms with E-state index in [1.165, 1.54) is 7.11 Å². The van der Waals surface area contributed by atoms with Crippen LogP contribution in [0.4, 0.5) is 0 Å². The van der Waals surface area contributed by atoms with Crippen molar-refractivity contribution in [1.82, 2.24) is 4.72 Å². The van der Waals surface area contributed by atoms with Crippen molar-refractivity contribution < 1.29 is 26.4 Å². The van der Waals surface area contributed by atoms with E-state index in [0.29, 0.717) is 0 Å². The number of hydrogen-bond acceptors (Lipinski definition) is 6. The Kier molecular flexibility index (Phi) is 6.01. The maximum Gasteiger partial charge on any atom is 0.319 e. The van der Waals surface area contributed by atoms with E-state index >= 15 is 0 Å². The zero-order valence-electron chi connectivity index (χ0n) is 10.3. The number of carbonyl (C=O) groups is 1. The van der Waals surface area contributed by atoms with Crippen molar-refractivity contribution >= 4 is 48.4 Å². The van der Waals surface area contributed by atoms with Crippen molar-refractivity contribution in [2.45, 2.75) is 22.0 Å². The molecule has 1 N–H and O–H groups in total. The average Bonchev–Trinajstić information content (AvgIpc) is 2.34. The van der Waals surface area contributed by atoms with Gasteiger partial charge in [0.25, 0.3) is 0 Å². The van der Waals surface area contributed by atoms with Gasteiger partial charge in [-0.25, -0.2) is 21.6 Å². The van der Waals surface area contributed by atoms with Gasteiger partial charge in [-0.2, -0.15) is 0 Å². The molecule has 0 spiro atoms. The number of hydrogen-bond donors (Lipinski definition) is 1. The molecule has 0 bridgehead atoms. The van der Waals surface area contributed by atoms with Gasteiger partial charge in [0.2, 0.25) is 10.0 Å². The van der Waals surface area contributed by atoms with Crippen LogP contribution in [-0.4, -0.2) is 57.1 Å². The van der Waals surface area contributed by atoms with Crippen molar-refractivity contribution in [2.24, 2.45) is 0 Å². The van der Waals surface area contributed by atoms with Crippen LogP contribution in [0.3, 0.4) is 0 Å². The lowest BCUT2D eigenvalue weighted by atomic mass is 10.2. The lowest BCUT2D eigenvalue weighted by molar-refractivity contribution is -0.139. The Morgan fingerprint density at radius 1 is 1.42 bits per heavy atom. The second-order valence-electron chi connectivity index (χ2n) is 4.24. The normalized spacial score (nSPS) is 21.8. The minimum absolute atomic E-state index is 0.0567. The summed E-state index contributed by atoms with van der Waals surface area (Å²) in [5.41, 5.74) is 0. The van der Waals surface area contributed by atoms with Crippen LogP contribution in [0.1, 0.15) is 12.8 Å². The summed E-state index contributed by atoms with van der Waals surface area (Å²) in [6, 6.07) is 0. The van der Waals surface area contributed by atoms with Crippen LogP contribution in [-0.2, 0) is 29.4 Å². The second-order valence-corrected chi connectivity index (χ2v) is 10.1. The van der Waals surface area contributed by atoms with Crippen LogP contribution in [0.15, 0.2) is 0 Å². The highest BCUT2D eigenvalue weighted by atomic mass is 127. The van der Waals surface area contributed by atoms with Crippen molar-refractivity contribution in [3.8, 4) is 0 Å². The average molecular weight is 425 g/mol. The van der Waals surface area contributed by atoms with Gasteiger partial charge in [0.15, 0.2) is 0 Å². The summed E-state index contributed by atoms with van der Waals surface area (Å²) in [7, 11) is -5.46. The number of ether oxygens (including phenoxy) is 1. The van der Waals surface area contributed by atoms with Gasteiger partial charge in [-0.3, -0.25) is 4.79 Å². The first kappa shape index (κ1) is 17.1. The molecule has 1 saturated heterocycles. The molecule has 19 heavy (non-hydrogen) atoms. The van der Waals surface area contributed by atoms with E-state index in [9.17, 15) is 21.6 Å². The van der Waals surface area contributed by atoms with Gasteiger partial charge in [-0.15, -0.1) is 0 Å². The lowest BCUT2D eigenvalue weighted by Gasteiger charge is -2.22. The smallest absolute Gasteiger partial charge is 0.319 e. The number of methoxy groups -OCH3 is 1. The van der Waals surface area contributed by atoms with Crippen molar-refractivity contribution in [3.63, 3.8) is 0 Å². The molecule has 1 unspecified atom stereocenters. The number of esters is 1. The first-order valence-electron chi connectivity index (χ1n) is 5.59. The van der Waals surface area contributed by atoms with Crippen LogP contribution in [0.5, 0.6) is 0 Å². The predicted octanol–water partition coefficient (Wildman–Crippen LogP) is -0.540. The summed E-state index contributed by atoms with van der Waals surface area (Å²) in [6.45, 7) is -0.0567. The number of halogens is 1. The number of rotatable bonds is 5.